The molecule has 2 aromatic rings. The largest absolute Gasteiger partial charge is 0.449 e. The van der Waals surface area contributed by atoms with Gasteiger partial charge in [0.1, 0.15) is 0 Å². The lowest BCUT2D eigenvalue weighted by atomic mass is 10.1. The lowest BCUT2D eigenvalue weighted by Gasteiger charge is -2.08. The summed E-state index contributed by atoms with van der Waals surface area (Å²) >= 11 is 11.6. The van der Waals surface area contributed by atoms with Gasteiger partial charge in [0, 0.05) is 16.7 Å². The smallest absolute Gasteiger partial charge is 0.303 e. The quantitative estimate of drug-likeness (QED) is 0.871. The fraction of sp³-hybridized carbons (Fsp3) is 0.0909. The number of benzene rings is 1. The first-order chi connectivity index (χ1) is 8.77. The molecule has 0 fully saturated rings. The van der Waals surface area contributed by atoms with Crippen LogP contribution in [0.1, 0.15) is 5.82 Å². The Morgan fingerprint density at radius 3 is 2.42 bits per heavy atom. The van der Waals surface area contributed by atoms with Crippen LogP contribution in [0.25, 0.3) is 11.3 Å². The van der Waals surface area contributed by atoms with Crippen molar-refractivity contribution in [2.45, 2.75) is 6.18 Å². The van der Waals surface area contributed by atoms with Crippen LogP contribution in [0, 0.1) is 0 Å². The molecule has 19 heavy (non-hydrogen) atoms. The summed E-state index contributed by atoms with van der Waals surface area (Å²) in [6.07, 6.45) is -4.74. The summed E-state index contributed by atoms with van der Waals surface area (Å²) < 4.78 is 37.6. The van der Waals surface area contributed by atoms with Gasteiger partial charge in [-0.15, -0.1) is 0 Å². The van der Waals surface area contributed by atoms with Crippen molar-refractivity contribution in [1.82, 2.24) is 9.97 Å². The van der Waals surface area contributed by atoms with Crippen molar-refractivity contribution in [3.8, 4) is 11.3 Å². The molecule has 3 nitrogen and oxygen atoms in total. The van der Waals surface area contributed by atoms with Crippen molar-refractivity contribution in [3.63, 3.8) is 0 Å². The average molecular weight is 309 g/mol. The SMILES string of the molecule is O=c1cc(-c2ccc(Cl)cc2Cl)nc(C(F)(F)F)[nH]1. The Bertz CT molecular complexity index is 682. The highest BCUT2D eigenvalue weighted by Gasteiger charge is 2.34. The van der Waals surface area contributed by atoms with Gasteiger partial charge in [0.25, 0.3) is 5.56 Å². The van der Waals surface area contributed by atoms with Crippen LogP contribution in [-0.4, -0.2) is 9.97 Å². The van der Waals surface area contributed by atoms with Crippen molar-refractivity contribution in [1.29, 1.82) is 0 Å². The van der Waals surface area contributed by atoms with E-state index in [2.05, 4.69) is 4.98 Å². The van der Waals surface area contributed by atoms with Crippen molar-refractivity contribution in [2.75, 3.05) is 0 Å². The zero-order chi connectivity index (χ0) is 14.2. The third kappa shape index (κ3) is 3.08. The van der Waals surface area contributed by atoms with E-state index in [0.29, 0.717) is 5.02 Å². The molecule has 0 aliphatic carbocycles. The molecule has 1 aromatic heterocycles. The highest BCUT2D eigenvalue weighted by molar-refractivity contribution is 6.36. The molecule has 0 aliphatic heterocycles. The molecule has 1 aromatic carbocycles. The van der Waals surface area contributed by atoms with Crippen LogP contribution in [0.5, 0.6) is 0 Å². The van der Waals surface area contributed by atoms with Gasteiger partial charge in [-0.1, -0.05) is 23.2 Å². The van der Waals surface area contributed by atoms with Gasteiger partial charge in [0.05, 0.1) is 10.7 Å². The van der Waals surface area contributed by atoms with Crippen molar-refractivity contribution < 1.29 is 13.2 Å². The summed E-state index contributed by atoms with van der Waals surface area (Å²) in [7, 11) is 0. The lowest BCUT2D eigenvalue weighted by molar-refractivity contribution is -0.145. The van der Waals surface area contributed by atoms with Crippen LogP contribution in [0.4, 0.5) is 13.2 Å². The average Bonchev–Trinajstić information content (AvgIpc) is 2.26. The van der Waals surface area contributed by atoms with Gasteiger partial charge in [0.15, 0.2) is 0 Å². The van der Waals surface area contributed by atoms with E-state index < -0.39 is 17.6 Å². The summed E-state index contributed by atoms with van der Waals surface area (Å²) in [4.78, 5) is 16.2. The van der Waals surface area contributed by atoms with Crippen LogP contribution >= 0.6 is 23.2 Å². The second-order valence-corrected chi connectivity index (χ2v) is 4.44. The maximum Gasteiger partial charge on any atom is 0.449 e. The summed E-state index contributed by atoms with van der Waals surface area (Å²) in [6.45, 7) is 0. The van der Waals surface area contributed by atoms with Crippen molar-refractivity contribution in [3.05, 3.63) is 50.5 Å². The molecule has 2 rings (SSSR count). The third-order valence-corrected chi connectivity index (χ3v) is 2.77. The third-order valence-electron chi connectivity index (χ3n) is 2.22. The van der Waals surface area contributed by atoms with E-state index in [1.807, 2.05) is 0 Å². The van der Waals surface area contributed by atoms with Crippen molar-refractivity contribution >= 4 is 23.2 Å². The number of hydrogen-bond acceptors (Lipinski definition) is 2. The van der Waals surface area contributed by atoms with Crippen LogP contribution in [0.2, 0.25) is 10.0 Å². The van der Waals surface area contributed by atoms with Gasteiger partial charge >= 0.3 is 6.18 Å². The van der Waals surface area contributed by atoms with Crippen molar-refractivity contribution in [2.24, 2.45) is 0 Å². The molecule has 0 atom stereocenters. The van der Waals surface area contributed by atoms with E-state index in [1.54, 1.807) is 4.98 Å². The van der Waals surface area contributed by atoms with Gasteiger partial charge in [-0.25, -0.2) is 4.98 Å². The highest BCUT2D eigenvalue weighted by Crippen LogP contribution is 2.31. The van der Waals surface area contributed by atoms with E-state index in [1.165, 1.54) is 18.2 Å². The van der Waals surface area contributed by atoms with E-state index in [4.69, 9.17) is 23.2 Å². The summed E-state index contributed by atoms with van der Waals surface area (Å²) in [5.74, 6) is -1.37. The van der Waals surface area contributed by atoms with Gasteiger partial charge < -0.3 is 4.98 Å². The number of aromatic amines is 1. The second kappa shape index (κ2) is 4.86. The monoisotopic (exact) mass is 308 g/mol. The molecule has 0 saturated heterocycles. The van der Waals surface area contributed by atoms with E-state index in [9.17, 15) is 18.0 Å². The zero-order valence-corrected chi connectivity index (χ0v) is 10.6. The number of nitrogens with one attached hydrogen (secondary N) is 1. The Morgan fingerprint density at radius 1 is 1.16 bits per heavy atom. The standard InChI is InChI=1S/C11H5Cl2F3N2O/c12-5-1-2-6(7(13)3-5)8-4-9(19)18-10(17-8)11(14,15)16/h1-4H,(H,17,18,19). The maximum absolute atomic E-state index is 12.5. The molecule has 0 unspecified atom stereocenters. The maximum atomic E-state index is 12.5. The Morgan fingerprint density at radius 2 is 1.84 bits per heavy atom. The molecule has 0 aliphatic rings. The summed E-state index contributed by atoms with van der Waals surface area (Å²) in [5, 5.41) is 0.438. The van der Waals surface area contributed by atoms with Crippen LogP contribution in [-0.2, 0) is 6.18 Å². The number of rotatable bonds is 1. The number of nitrogens with zero attached hydrogens (tertiary/aromatic N) is 1. The summed E-state index contributed by atoms with van der Waals surface area (Å²) in [6, 6.07) is 5.13. The second-order valence-electron chi connectivity index (χ2n) is 3.60. The number of hydrogen-bond donors (Lipinski definition) is 1. The minimum absolute atomic E-state index is 0.110. The number of aromatic nitrogens is 2. The first-order valence-electron chi connectivity index (χ1n) is 4.91. The molecule has 1 N–H and O–H groups in total. The Kier molecular flexibility index (Phi) is 3.56. The molecule has 0 spiro atoms. The molecular formula is C11H5Cl2F3N2O. The molecule has 0 radical (unpaired) electrons. The van der Waals surface area contributed by atoms with Crippen LogP contribution in [0.3, 0.4) is 0 Å². The molecule has 0 amide bonds. The number of halogens is 5. The minimum atomic E-state index is -4.74. The van der Waals surface area contributed by atoms with Gasteiger partial charge in [0.2, 0.25) is 5.82 Å². The Balaban J connectivity index is 2.63. The fourth-order valence-electron chi connectivity index (χ4n) is 1.43. The molecule has 8 heteroatoms. The van der Waals surface area contributed by atoms with E-state index >= 15 is 0 Å². The van der Waals surface area contributed by atoms with Crippen LogP contribution < -0.4 is 5.56 Å². The van der Waals surface area contributed by atoms with Crippen LogP contribution in [0.15, 0.2) is 29.1 Å². The highest BCUT2D eigenvalue weighted by atomic mass is 35.5. The first kappa shape index (κ1) is 13.9. The minimum Gasteiger partial charge on any atom is -0.303 e. The predicted molar refractivity (Wildman–Crippen MR) is 65.3 cm³/mol. The topological polar surface area (TPSA) is 45.8 Å². The Hall–Kier alpha value is -1.53. The molecule has 1 heterocycles. The fourth-order valence-corrected chi connectivity index (χ4v) is 1.93. The normalized spacial score (nSPS) is 11.6. The molecule has 100 valence electrons. The predicted octanol–water partition coefficient (Wildman–Crippen LogP) is 3.76. The van der Waals surface area contributed by atoms with Gasteiger partial charge in [-0.2, -0.15) is 13.2 Å². The van der Waals surface area contributed by atoms with E-state index in [0.717, 1.165) is 6.07 Å². The number of H-pyrrole nitrogens is 1. The molecular weight excluding hydrogens is 304 g/mol. The lowest BCUT2D eigenvalue weighted by Crippen LogP contribution is -2.18. The van der Waals surface area contributed by atoms with Gasteiger partial charge in [-0.3, -0.25) is 4.79 Å². The first-order valence-corrected chi connectivity index (χ1v) is 5.67. The molecule has 0 saturated carbocycles. The Labute approximate surface area is 115 Å². The van der Waals surface area contributed by atoms with E-state index in [-0.39, 0.29) is 16.3 Å². The molecule has 0 bridgehead atoms. The number of alkyl halides is 3. The van der Waals surface area contributed by atoms with Gasteiger partial charge in [-0.05, 0) is 18.2 Å². The summed E-state index contributed by atoms with van der Waals surface area (Å²) in [5.41, 5.74) is -0.885. The zero-order valence-electron chi connectivity index (χ0n) is 9.05.